The van der Waals surface area contributed by atoms with E-state index in [0.29, 0.717) is 0 Å². The highest BCUT2D eigenvalue weighted by molar-refractivity contribution is 7.25. The largest absolute Gasteiger partial charge is 0.135 e. The summed E-state index contributed by atoms with van der Waals surface area (Å²) in [5.74, 6) is 0. The van der Waals surface area contributed by atoms with E-state index in [1.54, 1.807) is 0 Å². The van der Waals surface area contributed by atoms with Crippen LogP contribution in [0, 0.1) is 0 Å². The van der Waals surface area contributed by atoms with E-state index in [4.69, 9.17) is 0 Å². The second-order valence-electron chi connectivity index (χ2n) is 9.35. The molecule has 0 unspecified atom stereocenters. The van der Waals surface area contributed by atoms with Crippen LogP contribution in [0.1, 0.15) is 0 Å². The van der Waals surface area contributed by atoms with Crippen LogP contribution in [0.2, 0.25) is 0 Å². The van der Waals surface area contributed by atoms with Gasteiger partial charge in [0.2, 0.25) is 0 Å². The summed E-state index contributed by atoms with van der Waals surface area (Å²) in [7, 11) is 0. The monoisotopic (exact) mass is 488 g/mol. The van der Waals surface area contributed by atoms with E-state index in [9.17, 15) is 0 Å². The third kappa shape index (κ3) is 3.94. The van der Waals surface area contributed by atoms with Crippen molar-refractivity contribution in [3.05, 3.63) is 146 Å². The van der Waals surface area contributed by atoms with Gasteiger partial charge >= 0.3 is 0 Å². The molecule has 0 spiro atoms. The van der Waals surface area contributed by atoms with Crippen LogP contribution in [0.4, 0.5) is 0 Å². The summed E-state index contributed by atoms with van der Waals surface area (Å²) >= 11 is 1.87. The molecular formula is C36H24S. The van der Waals surface area contributed by atoms with Gasteiger partial charge in [-0.3, -0.25) is 0 Å². The molecule has 0 radical (unpaired) electrons. The Balaban J connectivity index is 1.39. The lowest BCUT2D eigenvalue weighted by molar-refractivity contribution is 1.59. The quantitative estimate of drug-likeness (QED) is 0.231. The Hall–Kier alpha value is -4.46. The molecule has 0 aliphatic rings. The van der Waals surface area contributed by atoms with Gasteiger partial charge in [-0.25, -0.2) is 0 Å². The smallest absolute Gasteiger partial charge is 0.0355 e. The zero-order chi connectivity index (χ0) is 24.6. The number of rotatable bonds is 4. The molecule has 0 N–H and O–H groups in total. The molecule has 0 saturated heterocycles. The van der Waals surface area contributed by atoms with Gasteiger partial charge in [0.05, 0.1) is 0 Å². The second-order valence-corrected chi connectivity index (χ2v) is 10.4. The zero-order valence-electron chi connectivity index (χ0n) is 20.3. The van der Waals surface area contributed by atoms with Gasteiger partial charge in [-0.2, -0.15) is 0 Å². The number of hydrogen-bond donors (Lipinski definition) is 0. The third-order valence-electron chi connectivity index (χ3n) is 7.11. The van der Waals surface area contributed by atoms with Crippen LogP contribution in [0.3, 0.4) is 0 Å². The van der Waals surface area contributed by atoms with Crippen molar-refractivity contribution in [2.75, 3.05) is 0 Å². The molecule has 174 valence electrons. The van der Waals surface area contributed by atoms with Gasteiger partial charge in [0.1, 0.15) is 0 Å². The maximum Gasteiger partial charge on any atom is 0.0355 e. The Morgan fingerprint density at radius 1 is 0.297 bits per heavy atom. The van der Waals surface area contributed by atoms with Crippen molar-refractivity contribution >= 4 is 31.5 Å². The molecular weight excluding hydrogens is 464 g/mol. The molecule has 0 nitrogen and oxygen atoms in total. The first-order valence-electron chi connectivity index (χ1n) is 12.6. The van der Waals surface area contributed by atoms with Gasteiger partial charge in [-0.15, -0.1) is 11.3 Å². The van der Waals surface area contributed by atoms with Crippen LogP contribution in [-0.4, -0.2) is 0 Å². The van der Waals surface area contributed by atoms with E-state index in [2.05, 4.69) is 146 Å². The normalized spacial score (nSPS) is 11.2. The molecule has 7 aromatic rings. The number of fused-ring (bicyclic) bond motifs is 3. The number of thiophene rings is 1. The topological polar surface area (TPSA) is 0 Å². The Morgan fingerprint density at radius 2 is 0.649 bits per heavy atom. The SMILES string of the molecule is c1ccc(-c2ccccc2-c2ccc3sc4ccc(-c5ccccc5-c5ccccc5)cc4c3c2)cc1. The van der Waals surface area contributed by atoms with Gasteiger partial charge in [-0.1, -0.05) is 121 Å². The average Bonchev–Trinajstić information content (AvgIpc) is 3.35. The lowest BCUT2D eigenvalue weighted by atomic mass is 9.92. The molecule has 0 atom stereocenters. The Morgan fingerprint density at radius 3 is 1.05 bits per heavy atom. The van der Waals surface area contributed by atoms with E-state index >= 15 is 0 Å². The van der Waals surface area contributed by atoms with Crippen LogP contribution in [0.25, 0.3) is 64.7 Å². The molecule has 0 saturated carbocycles. The van der Waals surface area contributed by atoms with E-state index < -0.39 is 0 Å². The standard InChI is InChI=1S/C36H24S/c1-3-11-25(12-4-1)29-15-7-9-17-31(29)27-19-21-35-33(23-27)34-24-28(20-22-36(34)37-35)32-18-10-8-16-30(32)26-13-5-2-6-14-26/h1-24H. The first kappa shape index (κ1) is 21.8. The highest BCUT2D eigenvalue weighted by Crippen LogP contribution is 2.41. The predicted octanol–water partition coefficient (Wildman–Crippen LogP) is 10.7. The molecule has 1 heterocycles. The Labute approximate surface area is 221 Å². The summed E-state index contributed by atoms with van der Waals surface area (Å²) in [5.41, 5.74) is 10.0. The van der Waals surface area contributed by atoms with Crippen LogP contribution in [-0.2, 0) is 0 Å². The first-order chi connectivity index (χ1) is 18.3. The van der Waals surface area contributed by atoms with Crippen molar-refractivity contribution in [1.82, 2.24) is 0 Å². The molecule has 7 rings (SSSR count). The summed E-state index contributed by atoms with van der Waals surface area (Å²) in [6.07, 6.45) is 0. The van der Waals surface area contributed by atoms with E-state index in [0.717, 1.165) is 0 Å². The Kier molecular flexibility index (Phi) is 5.42. The highest BCUT2D eigenvalue weighted by atomic mass is 32.1. The van der Waals surface area contributed by atoms with Crippen molar-refractivity contribution in [1.29, 1.82) is 0 Å². The molecule has 1 heteroatoms. The van der Waals surface area contributed by atoms with Gasteiger partial charge < -0.3 is 0 Å². The van der Waals surface area contributed by atoms with E-state index in [1.165, 1.54) is 64.7 Å². The summed E-state index contributed by atoms with van der Waals surface area (Å²) in [6.45, 7) is 0. The minimum Gasteiger partial charge on any atom is -0.135 e. The molecule has 0 bridgehead atoms. The fourth-order valence-corrected chi connectivity index (χ4v) is 6.39. The van der Waals surface area contributed by atoms with Crippen molar-refractivity contribution < 1.29 is 0 Å². The molecule has 0 amide bonds. The van der Waals surface area contributed by atoms with Crippen molar-refractivity contribution in [3.63, 3.8) is 0 Å². The van der Waals surface area contributed by atoms with Gasteiger partial charge in [0.25, 0.3) is 0 Å². The Bertz CT molecular complexity index is 1720. The maximum absolute atomic E-state index is 2.38. The number of benzene rings is 6. The van der Waals surface area contributed by atoms with Crippen molar-refractivity contribution in [2.45, 2.75) is 0 Å². The molecule has 37 heavy (non-hydrogen) atoms. The molecule has 0 fully saturated rings. The second kappa shape index (κ2) is 9.20. The maximum atomic E-state index is 2.38. The van der Waals surface area contributed by atoms with Crippen LogP contribution >= 0.6 is 11.3 Å². The van der Waals surface area contributed by atoms with Crippen LogP contribution in [0.15, 0.2) is 146 Å². The molecule has 0 aliphatic carbocycles. The zero-order valence-corrected chi connectivity index (χ0v) is 21.1. The van der Waals surface area contributed by atoms with Crippen LogP contribution < -0.4 is 0 Å². The summed E-state index contributed by atoms with van der Waals surface area (Å²) in [4.78, 5) is 0. The van der Waals surface area contributed by atoms with Crippen molar-refractivity contribution in [3.8, 4) is 44.5 Å². The van der Waals surface area contributed by atoms with Gasteiger partial charge in [0, 0.05) is 20.2 Å². The molecule has 6 aromatic carbocycles. The molecule has 1 aromatic heterocycles. The predicted molar refractivity (Wildman–Crippen MR) is 161 cm³/mol. The first-order valence-corrected chi connectivity index (χ1v) is 13.4. The fourth-order valence-electron chi connectivity index (χ4n) is 5.32. The summed E-state index contributed by atoms with van der Waals surface area (Å²) in [5, 5.41) is 2.64. The van der Waals surface area contributed by atoms with Crippen LogP contribution in [0.5, 0.6) is 0 Å². The summed E-state index contributed by atoms with van der Waals surface area (Å²) in [6, 6.07) is 52.6. The number of hydrogen-bond acceptors (Lipinski definition) is 1. The fraction of sp³-hybridized carbons (Fsp3) is 0. The molecule has 0 aliphatic heterocycles. The lowest BCUT2D eigenvalue weighted by Crippen LogP contribution is -1.85. The average molecular weight is 489 g/mol. The van der Waals surface area contributed by atoms with Gasteiger partial charge in [-0.05, 0) is 68.8 Å². The minimum atomic E-state index is 1.24. The summed E-state index contributed by atoms with van der Waals surface area (Å²) < 4.78 is 2.65. The van der Waals surface area contributed by atoms with E-state index in [1.807, 2.05) is 11.3 Å². The minimum absolute atomic E-state index is 1.24. The van der Waals surface area contributed by atoms with E-state index in [-0.39, 0.29) is 0 Å². The van der Waals surface area contributed by atoms with Crippen molar-refractivity contribution in [2.24, 2.45) is 0 Å². The third-order valence-corrected chi connectivity index (χ3v) is 8.27. The van der Waals surface area contributed by atoms with Gasteiger partial charge in [0.15, 0.2) is 0 Å². The lowest BCUT2D eigenvalue weighted by Gasteiger charge is -2.11. The highest BCUT2D eigenvalue weighted by Gasteiger charge is 2.13.